The number of nitrogens with one attached hydrogen (secondary N) is 1. The Balaban J connectivity index is 1.64. The third-order valence-corrected chi connectivity index (χ3v) is 3.46. The highest BCUT2D eigenvalue weighted by atomic mass is 19.1. The minimum absolute atomic E-state index is 0.0629. The van der Waals surface area contributed by atoms with E-state index in [1.54, 1.807) is 6.07 Å². The molecule has 4 nitrogen and oxygen atoms in total. The molecule has 24 heavy (non-hydrogen) atoms. The lowest BCUT2D eigenvalue weighted by Gasteiger charge is -2.09. The van der Waals surface area contributed by atoms with E-state index >= 15 is 0 Å². The summed E-state index contributed by atoms with van der Waals surface area (Å²) in [6.07, 6.45) is 0. The first kappa shape index (κ1) is 15.7. The number of ether oxygens (including phenoxy) is 1. The fourth-order valence-corrected chi connectivity index (χ4v) is 2.35. The molecular formula is C19H14FNO3. The topological polar surface area (TPSA) is 55.4 Å². The van der Waals surface area contributed by atoms with Crippen LogP contribution in [0.5, 0.6) is 0 Å². The van der Waals surface area contributed by atoms with Gasteiger partial charge in [0.25, 0.3) is 5.91 Å². The van der Waals surface area contributed by atoms with Gasteiger partial charge in [-0.1, -0.05) is 42.5 Å². The van der Waals surface area contributed by atoms with Gasteiger partial charge in [-0.25, -0.2) is 9.18 Å². The van der Waals surface area contributed by atoms with Crippen LogP contribution >= 0.6 is 0 Å². The molecule has 1 amide bonds. The van der Waals surface area contributed by atoms with Gasteiger partial charge in [-0.2, -0.15) is 0 Å². The van der Waals surface area contributed by atoms with Gasteiger partial charge in [0.05, 0.1) is 5.56 Å². The van der Waals surface area contributed by atoms with Crippen molar-refractivity contribution in [2.75, 3.05) is 11.9 Å². The van der Waals surface area contributed by atoms with Crippen molar-refractivity contribution in [1.82, 2.24) is 0 Å². The zero-order valence-electron chi connectivity index (χ0n) is 12.7. The lowest BCUT2D eigenvalue weighted by Crippen LogP contribution is -2.21. The highest BCUT2D eigenvalue weighted by Crippen LogP contribution is 2.22. The molecule has 0 unspecified atom stereocenters. The lowest BCUT2D eigenvalue weighted by atomic mass is 10.1. The number of rotatable bonds is 4. The van der Waals surface area contributed by atoms with Crippen molar-refractivity contribution in [2.24, 2.45) is 0 Å². The van der Waals surface area contributed by atoms with Gasteiger partial charge in [0.1, 0.15) is 5.82 Å². The number of hydrogen-bond acceptors (Lipinski definition) is 3. The fourth-order valence-electron chi connectivity index (χ4n) is 2.35. The van der Waals surface area contributed by atoms with Crippen LogP contribution in [0.15, 0.2) is 66.7 Å². The number of hydrogen-bond donors (Lipinski definition) is 1. The van der Waals surface area contributed by atoms with Gasteiger partial charge < -0.3 is 10.1 Å². The first-order valence-electron chi connectivity index (χ1n) is 7.34. The quantitative estimate of drug-likeness (QED) is 0.744. The van der Waals surface area contributed by atoms with Crippen molar-refractivity contribution in [1.29, 1.82) is 0 Å². The van der Waals surface area contributed by atoms with E-state index in [2.05, 4.69) is 5.32 Å². The normalized spacial score (nSPS) is 10.4. The minimum atomic E-state index is -0.748. The van der Waals surface area contributed by atoms with Gasteiger partial charge in [0.2, 0.25) is 0 Å². The Morgan fingerprint density at radius 2 is 1.71 bits per heavy atom. The molecule has 0 heterocycles. The van der Waals surface area contributed by atoms with Crippen LogP contribution in [0.3, 0.4) is 0 Å². The molecule has 3 aromatic rings. The van der Waals surface area contributed by atoms with Crippen molar-refractivity contribution in [3.05, 3.63) is 78.1 Å². The Labute approximate surface area is 137 Å². The number of carbonyl (C=O) groups is 2. The Morgan fingerprint density at radius 1 is 0.958 bits per heavy atom. The second-order valence-electron chi connectivity index (χ2n) is 5.16. The summed E-state index contributed by atoms with van der Waals surface area (Å²) in [7, 11) is 0. The first-order chi connectivity index (χ1) is 11.6. The fraction of sp³-hybridized carbons (Fsp3) is 0.0526. The standard InChI is InChI=1S/C19H14FNO3/c20-15-8-3-7-14(11-15)19(23)24-12-18(22)21-17-10-4-6-13-5-1-2-9-16(13)17/h1-11H,12H2,(H,21,22). The third kappa shape index (κ3) is 3.57. The second kappa shape index (κ2) is 6.91. The average molecular weight is 323 g/mol. The Bertz CT molecular complexity index is 903. The molecule has 0 atom stereocenters. The van der Waals surface area contributed by atoms with Crippen molar-refractivity contribution in [3.63, 3.8) is 0 Å². The summed E-state index contributed by atoms with van der Waals surface area (Å²) >= 11 is 0. The van der Waals surface area contributed by atoms with E-state index in [4.69, 9.17) is 4.74 Å². The van der Waals surface area contributed by atoms with E-state index in [0.29, 0.717) is 5.69 Å². The molecule has 0 aliphatic heterocycles. The van der Waals surface area contributed by atoms with Gasteiger partial charge in [-0.15, -0.1) is 0 Å². The van der Waals surface area contributed by atoms with Crippen LogP contribution < -0.4 is 5.32 Å². The summed E-state index contributed by atoms with van der Waals surface area (Å²) in [6, 6.07) is 18.3. The predicted molar refractivity (Wildman–Crippen MR) is 89.3 cm³/mol. The molecule has 0 saturated heterocycles. The molecule has 1 N–H and O–H groups in total. The molecule has 5 heteroatoms. The number of esters is 1. The summed E-state index contributed by atoms with van der Waals surface area (Å²) in [5.74, 6) is -1.75. The molecule has 0 aliphatic carbocycles. The van der Waals surface area contributed by atoms with Crippen LogP contribution in [0.4, 0.5) is 10.1 Å². The van der Waals surface area contributed by atoms with Crippen LogP contribution in [-0.2, 0) is 9.53 Å². The average Bonchev–Trinajstić information content (AvgIpc) is 2.60. The van der Waals surface area contributed by atoms with E-state index in [1.807, 2.05) is 36.4 Å². The van der Waals surface area contributed by atoms with Crippen molar-refractivity contribution in [2.45, 2.75) is 0 Å². The van der Waals surface area contributed by atoms with Crippen LogP contribution in [0, 0.1) is 5.82 Å². The van der Waals surface area contributed by atoms with E-state index in [1.165, 1.54) is 18.2 Å². The molecule has 0 aliphatic rings. The van der Waals surface area contributed by atoms with Crippen molar-refractivity contribution in [3.8, 4) is 0 Å². The summed E-state index contributed by atoms with van der Waals surface area (Å²) in [4.78, 5) is 23.8. The Kier molecular flexibility index (Phi) is 4.52. The molecule has 3 rings (SSSR count). The van der Waals surface area contributed by atoms with Gasteiger partial charge in [-0.3, -0.25) is 4.79 Å². The van der Waals surface area contributed by atoms with E-state index in [-0.39, 0.29) is 5.56 Å². The SMILES string of the molecule is O=C(COC(=O)c1cccc(F)c1)Nc1cccc2ccccc12. The maximum absolute atomic E-state index is 13.1. The maximum Gasteiger partial charge on any atom is 0.338 e. The number of halogens is 1. The summed E-state index contributed by atoms with van der Waals surface area (Å²) in [5, 5.41) is 4.60. The van der Waals surface area contributed by atoms with E-state index in [0.717, 1.165) is 16.8 Å². The number of carbonyl (C=O) groups excluding carboxylic acids is 2. The lowest BCUT2D eigenvalue weighted by molar-refractivity contribution is -0.119. The van der Waals surface area contributed by atoms with Crippen molar-refractivity contribution < 1.29 is 18.7 Å². The number of anilines is 1. The van der Waals surface area contributed by atoms with Crippen LogP contribution in [0.25, 0.3) is 10.8 Å². The number of fused-ring (bicyclic) bond motifs is 1. The zero-order chi connectivity index (χ0) is 16.9. The highest BCUT2D eigenvalue weighted by Gasteiger charge is 2.11. The molecule has 3 aromatic carbocycles. The van der Waals surface area contributed by atoms with Crippen LogP contribution in [-0.4, -0.2) is 18.5 Å². The highest BCUT2D eigenvalue weighted by molar-refractivity contribution is 6.03. The van der Waals surface area contributed by atoms with Gasteiger partial charge in [0.15, 0.2) is 6.61 Å². The molecule has 0 saturated carbocycles. The molecular weight excluding hydrogens is 309 g/mol. The van der Waals surface area contributed by atoms with E-state index < -0.39 is 24.3 Å². The van der Waals surface area contributed by atoms with Gasteiger partial charge >= 0.3 is 5.97 Å². The maximum atomic E-state index is 13.1. The molecule has 0 fully saturated rings. The number of amides is 1. The van der Waals surface area contributed by atoms with Crippen LogP contribution in [0.2, 0.25) is 0 Å². The predicted octanol–water partition coefficient (Wildman–Crippen LogP) is 3.77. The Morgan fingerprint density at radius 3 is 2.54 bits per heavy atom. The molecule has 0 spiro atoms. The van der Waals surface area contributed by atoms with Gasteiger partial charge in [0, 0.05) is 11.1 Å². The molecule has 0 aromatic heterocycles. The third-order valence-electron chi connectivity index (χ3n) is 3.46. The van der Waals surface area contributed by atoms with E-state index in [9.17, 15) is 14.0 Å². The smallest absolute Gasteiger partial charge is 0.338 e. The zero-order valence-corrected chi connectivity index (χ0v) is 12.7. The van der Waals surface area contributed by atoms with Gasteiger partial charge in [-0.05, 0) is 29.7 Å². The molecule has 0 bridgehead atoms. The molecule has 120 valence electrons. The second-order valence-corrected chi connectivity index (χ2v) is 5.16. The first-order valence-corrected chi connectivity index (χ1v) is 7.34. The monoisotopic (exact) mass is 323 g/mol. The largest absolute Gasteiger partial charge is 0.452 e. The minimum Gasteiger partial charge on any atom is -0.452 e. The summed E-state index contributed by atoms with van der Waals surface area (Å²) < 4.78 is 18.0. The van der Waals surface area contributed by atoms with Crippen molar-refractivity contribution >= 4 is 28.3 Å². The Hall–Kier alpha value is -3.21. The summed E-state index contributed by atoms with van der Waals surface area (Å²) in [6.45, 7) is -0.446. The summed E-state index contributed by atoms with van der Waals surface area (Å²) in [5.41, 5.74) is 0.702. The number of benzene rings is 3. The molecule has 0 radical (unpaired) electrons. The van der Waals surface area contributed by atoms with Crippen LogP contribution in [0.1, 0.15) is 10.4 Å².